The van der Waals surface area contributed by atoms with Crippen LogP contribution in [-0.4, -0.2) is 32.8 Å². The average Bonchev–Trinajstić information content (AvgIpc) is 2.92. The van der Waals surface area contributed by atoms with E-state index in [1.807, 2.05) is 16.4 Å². The molecule has 2 rings (SSSR count). The first kappa shape index (κ1) is 13.9. The van der Waals surface area contributed by atoms with Gasteiger partial charge in [0.25, 0.3) is 0 Å². The monoisotopic (exact) mass is 276 g/mol. The summed E-state index contributed by atoms with van der Waals surface area (Å²) in [6.07, 6.45) is 4.50. The molecule has 0 fully saturated rings. The molecule has 0 aliphatic carbocycles. The summed E-state index contributed by atoms with van der Waals surface area (Å²) in [6, 6.07) is 8.47. The minimum atomic E-state index is 0.765. The maximum Gasteiger partial charge on any atom is 0.137 e. The number of benzene rings is 1. The molecular weight excluding hydrogens is 256 g/mol. The minimum absolute atomic E-state index is 0.765. The highest BCUT2D eigenvalue weighted by molar-refractivity contribution is 7.99. The Labute approximate surface area is 118 Å². The molecule has 0 aliphatic heterocycles. The van der Waals surface area contributed by atoms with E-state index in [9.17, 15) is 0 Å². The van der Waals surface area contributed by atoms with Crippen molar-refractivity contribution in [2.75, 3.05) is 23.4 Å². The zero-order valence-electron chi connectivity index (χ0n) is 11.2. The molecule has 19 heavy (non-hydrogen) atoms. The number of aromatic nitrogens is 3. The summed E-state index contributed by atoms with van der Waals surface area (Å²) in [4.78, 5) is 3.95. The van der Waals surface area contributed by atoms with Crippen molar-refractivity contribution in [2.45, 2.75) is 19.9 Å². The van der Waals surface area contributed by atoms with Crippen LogP contribution in [0.3, 0.4) is 0 Å². The van der Waals surface area contributed by atoms with Gasteiger partial charge in [0.1, 0.15) is 12.7 Å². The Bertz CT molecular complexity index is 470. The predicted octanol–water partition coefficient (Wildman–Crippen LogP) is 2.88. The van der Waals surface area contributed by atoms with Crippen molar-refractivity contribution in [2.24, 2.45) is 0 Å². The van der Waals surface area contributed by atoms with Crippen LogP contribution in [0.2, 0.25) is 0 Å². The second kappa shape index (κ2) is 7.84. The molecule has 2 aromatic rings. The van der Waals surface area contributed by atoms with E-state index in [1.54, 1.807) is 12.7 Å². The highest BCUT2D eigenvalue weighted by Crippen LogP contribution is 2.12. The van der Waals surface area contributed by atoms with E-state index in [1.165, 1.54) is 29.2 Å². The van der Waals surface area contributed by atoms with E-state index in [-0.39, 0.29) is 0 Å². The molecule has 5 heteroatoms. The number of rotatable bonds is 8. The normalized spacial score (nSPS) is 10.6. The van der Waals surface area contributed by atoms with Gasteiger partial charge in [-0.2, -0.15) is 16.9 Å². The molecule has 0 aliphatic rings. The fourth-order valence-corrected chi connectivity index (χ4v) is 2.47. The van der Waals surface area contributed by atoms with Crippen molar-refractivity contribution in [3.63, 3.8) is 0 Å². The van der Waals surface area contributed by atoms with E-state index in [4.69, 9.17) is 0 Å². The van der Waals surface area contributed by atoms with Crippen LogP contribution in [0.15, 0.2) is 36.9 Å². The average molecular weight is 276 g/mol. The lowest BCUT2D eigenvalue weighted by Crippen LogP contribution is -2.04. The molecule has 0 saturated heterocycles. The Morgan fingerprint density at radius 1 is 1.37 bits per heavy atom. The molecule has 0 saturated carbocycles. The summed E-state index contributed by atoms with van der Waals surface area (Å²) in [7, 11) is 0. The molecule has 0 radical (unpaired) electrons. The lowest BCUT2D eigenvalue weighted by atomic mass is 10.2. The number of hydrogen-bond acceptors (Lipinski definition) is 4. The summed E-state index contributed by atoms with van der Waals surface area (Å²) in [5, 5.41) is 7.58. The third-order valence-corrected chi connectivity index (χ3v) is 3.72. The van der Waals surface area contributed by atoms with Crippen LogP contribution < -0.4 is 5.32 Å². The molecule has 0 amide bonds. The van der Waals surface area contributed by atoms with Gasteiger partial charge < -0.3 is 5.32 Å². The first-order chi connectivity index (χ1) is 9.38. The predicted molar refractivity (Wildman–Crippen MR) is 81.7 cm³/mol. The zero-order chi connectivity index (χ0) is 13.3. The topological polar surface area (TPSA) is 42.7 Å². The number of thioether (sulfide) groups is 1. The van der Waals surface area contributed by atoms with Crippen molar-refractivity contribution in [3.05, 3.63) is 42.5 Å². The SMILES string of the molecule is CCSCCCNc1cccc(Cn2cncn2)c1. The number of nitrogens with zero attached hydrogens (tertiary/aromatic N) is 3. The lowest BCUT2D eigenvalue weighted by Gasteiger charge is -2.08. The first-order valence-electron chi connectivity index (χ1n) is 6.61. The van der Waals surface area contributed by atoms with Gasteiger partial charge in [-0.25, -0.2) is 9.67 Å². The lowest BCUT2D eigenvalue weighted by molar-refractivity contribution is 0.685. The number of nitrogens with one attached hydrogen (secondary N) is 1. The molecule has 0 atom stereocenters. The molecule has 4 nitrogen and oxygen atoms in total. The van der Waals surface area contributed by atoms with Gasteiger partial charge in [-0.3, -0.25) is 0 Å². The Kier molecular flexibility index (Phi) is 5.75. The maximum atomic E-state index is 4.12. The summed E-state index contributed by atoms with van der Waals surface area (Å²) in [5.74, 6) is 2.43. The van der Waals surface area contributed by atoms with Gasteiger partial charge in [-0.05, 0) is 35.6 Å². The Morgan fingerprint density at radius 3 is 3.11 bits per heavy atom. The molecule has 0 spiro atoms. The van der Waals surface area contributed by atoms with Gasteiger partial charge in [-0.15, -0.1) is 0 Å². The standard InChI is InChI=1S/C14H20N4S/c1-2-19-8-4-7-16-14-6-3-5-13(9-14)10-18-12-15-11-17-18/h3,5-6,9,11-12,16H,2,4,7-8,10H2,1H3. The van der Waals surface area contributed by atoms with Gasteiger partial charge in [0, 0.05) is 12.2 Å². The third-order valence-electron chi connectivity index (χ3n) is 2.74. The molecular formula is C14H20N4S. The second-order valence-corrected chi connectivity index (χ2v) is 5.66. The molecule has 1 N–H and O–H groups in total. The van der Waals surface area contributed by atoms with Crippen LogP contribution in [0.5, 0.6) is 0 Å². The number of anilines is 1. The van der Waals surface area contributed by atoms with Gasteiger partial charge in [0.2, 0.25) is 0 Å². The van der Waals surface area contributed by atoms with E-state index in [2.05, 4.69) is 46.6 Å². The molecule has 1 aromatic heterocycles. The van der Waals surface area contributed by atoms with Crippen LogP contribution in [0.25, 0.3) is 0 Å². The highest BCUT2D eigenvalue weighted by Gasteiger charge is 1.98. The van der Waals surface area contributed by atoms with Crippen molar-refractivity contribution < 1.29 is 0 Å². The summed E-state index contributed by atoms with van der Waals surface area (Å²) in [6.45, 7) is 3.99. The van der Waals surface area contributed by atoms with E-state index >= 15 is 0 Å². The van der Waals surface area contributed by atoms with Crippen LogP contribution >= 0.6 is 11.8 Å². The van der Waals surface area contributed by atoms with Crippen LogP contribution in [-0.2, 0) is 6.54 Å². The van der Waals surface area contributed by atoms with Gasteiger partial charge in [0.05, 0.1) is 6.54 Å². The van der Waals surface area contributed by atoms with Crippen LogP contribution in [0, 0.1) is 0 Å². The molecule has 1 aromatic carbocycles. The largest absolute Gasteiger partial charge is 0.385 e. The van der Waals surface area contributed by atoms with Crippen LogP contribution in [0.4, 0.5) is 5.69 Å². The molecule has 0 bridgehead atoms. The van der Waals surface area contributed by atoms with Crippen molar-refractivity contribution in [1.82, 2.24) is 14.8 Å². The summed E-state index contributed by atoms with van der Waals surface area (Å²) < 4.78 is 1.83. The van der Waals surface area contributed by atoms with Crippen LogP contribution in [0.1, 0.15) is 18.9 Å². The van der Waals surface area contributed by atoms with Gasteiger partial charge in [0.15, 0.2) is 0 Å². The smallest absolute Gasteiger partial charge is 0.137 e. The fourth-order valence-electron chi connectivity index (χ4n) is 1.83. The van der Waals surface area contributed by atoms with Gasteiger partial charge >= 0.3 is 0 Å². The minimum Gasteiger partial charge on any atom is -0.385 e. The van der Waals surface area contributed by atoms with Crippen molar-refractivity contribution >= 4 is 17.4 Å². The van der Waals surface area contributed by atoms with E-state index in [0.29, 0.717) is 0 Å². The third kappa shape index (κ3) is 4.95. The first-order valence-corrected chi connectivity index (χ1v) is 7.77. The molecule has 102 valence electrons. The summed E-state index contributed by atoms with van der Waals surface area (Å²) >= 11 is 1.99. The molecule has 0 unspecified atom stereocenters. The Morgan fingerprint density at radius 2 is 2.32 bits per heavy atom. The maximum absolute atomic E-state index is 4.12. The Hall–Kier alpha value is -1.49. The molecule has 1 heterocycles. The highest BCUT2D eigenvalue weighted by atomic mass is 32.2. The van der Waals surface area contributed by atoms with Crippen molar-refractivity contribution in [1.29, 1.82) is 0 Å². The quantitative estimate of drug-likeness (QED) is 0.753. The van der Waals surface area contributed by atoms with E-state index in [0.717, 1.165) is 13.1 Å². The van der Waals surface area contributed by atoms with Gasteiger partial charge in [-0.1, -0.05) is 19.1 Å². The zero-order valence-corrected chi connectivity index (χ0v) is 12.1. The van der Waals surface area contributed by atoms with E-state index < -0.39 is 0 Å². The summed E-state index contributed by atoms with van der Waals surface area (Å²) in [5.41, 5.74) is 2.41. The van der Waals surface area contributed by atoms with Crippen molar-refractivity contribution in [3.8, 4) is 0 Å². The second-order valence-electron chi connectivity index (χ2n) is 4.27. The fraction of sp³-hybridized carbons (Fsp3) is 0.429. The number of hydrogen-bond donors (Lipinski definition) is 1. The Balaban J connectivity index is 1.81.